The first-order valence-electron chi connectivity index (χ1n) is 7.23. The van der Waals surface area contributed by atoms with Gasteiger partial charge in [0.05, 0.1) is 6.42 Å². The van der Waals surface area contributed by atoms with Crippen molar-refractivity contribution in [1.82, 2.24) is 0 Å². The van der Waals surface area contributed by atoms with Crippen LogP contribution in [-0.2, 0) is 4.79 Å². The molecule has 1 unspecified atom stereocenters. The summed E-state index contributed by atoms with van der Waals surface area (Å²) >= 11 is 7.40. The molecule has 0 heterocycles. The van der Waals surface area contributed by atoms with E-state index in [1.807, 2.05) is 30.3 Å². The van der Waals surface area contributed by atoms with Crippen LogP contribution in [0.2, 0.25) is 5.02 Å². The van der Waals surface area contributed by atoms with Crippen molar-refractivity contribution in [2.45, 2.75) is 18.1 Å². The molecule has 120 valence electrons. The molecule has 0 aliphatic carbocycles. The minimum Gasteiger partial charge on any atom is -0.481 e. The minimum atomic E-state index is -0.832. The fourth-order valence-corrected chi connectivity index (χ4v) is 3.47. The maximum Gasteiger partial charge on any atom is 0.304 e. The highest BCUT2D eigenvalue weighted by Crippen LogP contribution is 2.34. The number of carbonyl (C=O) groups excluding carboxylic acids is 1. The van der Waals surface area contributed by atoms with Crippen molar-refractivity contribution in [2.75, 3.05) is 5.75 Å². The normalized spacial score (nSPS) is 11.9. The molecule has 0 spiro atoms. The summed E-state index contributed by atoms with van der Waals surface area (Å²) in [6.45, 7) is 0. The molecule has 0 amide bonds. The summed E-state index contributed by atoms with van der Waals surface area (Å²) in [5.74, 6) is -0.319. The van der Waals surface area contributed by atoms with E-state index in [1.54, 1.807) is 24.3 Å². The summed E-state index contributed by atoms with van der Waals surface area (Å²) in [6, 6.07) is 16.5. The Bertz CT molecular complexity index is 656. The molecule has 0 bridgehead atoms. The first kappa shape index (κ1) is 17.6. The van der Waals surface area contributed by atoms with E-state index in [1.165, 1.54) is 11.8 Å². The van der Waals surface area contributed by atoms with Crippen molar-refractivity contribution >= 4 is 35.1 Å². The molecule has 1 N–H and O–H groups in total. The molecule has 2 aromatic rings. The first-order chi connectivity index (χ1) is 11.1. The zero-order chi connectivity index (χ0) is 16.7. The molecule has 0 saturated heterocycles. The summed E-state index contributed by atoms with van der Waals surface area (Å²) in [5, 5.41) is 9.35. The van der Waals surface area contributed by atoms with Crippen molar-refractivity contribution in [3.8, 4) is 0 Å². The Hall–Kier alpha value is -1.78. The summed E-state index contributed by atoms with van der Waals surface area (Å²) in [7, 11) is 0. The van der Waals surface area contributed by atoms with Crippen molar-refractivity contribution in [3.05, 3.63) is 70.7 Å². The van der Waals surface area contributed by atoms with Gasteiger partial charge in [0.2, 0.25) is 0 Å². The van der Waals surface area contributed by atoms with E-state index < -0.39 is 5.97 Å². The van der Waals surface area contributed by atoms with Crippen LogP contribution in [0.4, 0.5) is 0 Å². The van der Waals surface area contributed by atoms with E-state index in [-0.39, 0.29) is 17.5 Å². The van der Waals surface area contributed by atoms with Crippen molar-refractivity contribution in [1.29, 1.82) is 0 Å². The topological polar surface area (TPSA) is 54.4 Å². The smallest absolute Gasteiger partial charge is 0.304 e. The maximum absolute atomic E-state index is 12.4. The second-order valence-corrected chi connectivity index (χ2v) is 6.80. The number of aliphatic carboxylic acids is 1. The van der Waals surface area contributed by atoms with Crippen molar-refractivity contribution in [3.63, 3.8) is 0 Å². The van der Waals surface area contributed by atoms with Crippen LogP contribution in [0.1, 0.15) is 34.0 Å². The Balaban J connectivity index is 2.10. The fraction of sp³-hybridized carbons (Fsp3) is 0.222. The molecule has 0 radical (unpaired) electrons. The predicted octanol–water partition coefficient (Wildman–Crippen LogP) is 4.86. The van der Waals surface area contributed by atoms with E-state index in [0.29, 0.717) is 22.8 Å². The number of Topliss-reactive ketones (excluding diaryl/α,β-unsaturated/α-hetero) is 1. The highest BCUT2D eigenvalue weighted by atomic mass is 35.5. The summed E-state index contributed by atoms with van der Waals surface area (Å²) in [4.78, 5) is 23.1. The van der Waals surface area contributed by atoms with Gasteiger partial charge in [0, 0.05) is 28.0 Å². The standard InChI is InChI=1S/C18H17ClO3S/c19-15-8-6-14(7-9-15)17(23-11-10-18(21)22)12-16(20)13-4-2-1-3-5-13/h1-9,17H,10-12H2,(H,21,22). The predicted molar refractivity (Wildman–Crippen MR) is 94.3 cm³/mol. The Labute approximate surface area is 144 Å². The molecule has 0 fully saturated rings. The molecule has 5 heteroatoms. The Morgan fingerprint density at radius 1 is 1.04 bits per heavy atom. The molecule has 0 aromatic heterocycles. The van der Waals surface area contributed by atoms with E-state index >= 15 is 0 Å². The van der Waals surface area contributed by atoms with Crippen molar-refractivity contribution in [2.24, 2.45) is 0 Å². The first-order valence-corrected chi connectivity index (χ1v) is 8.66. The number of hydrogen-bond acceptors (Lipinski definition) is 3. The highest BCUT2D eigenvalue weighted by Gasteiger charge is 2.18. The van der Waals surface area contributed by atoms with Gasteiger partial charge < -0.3 is 5.11 Å². The third-order valence-corrected chi connectivity index (χ3v) is 4.88. The maximum atomic E-state index is 12.4. The molecule has 2 aromatic carbocycles. The van der Waals surface area contributed by atoms with Crippen LogP contribution in [0.15, 0.2) is 54.6 Å². The SMILES string of the molecule is O=C(O)CCSC(CC(=O)c1ccccc1)c1ccc(Cl)cc1. The highest BCUT2D eigenvalue weighted by molar-refractivity contribution is 7.99. The van der Waals surface area contributed by atoms with E-state index in [0.717, 1.165) is 5.56 Å². The number of carbonyl (C=O) groups is 2. The lowest BCUT2D eigenvalue weighted by Crippen LogP contribution is -2.07. The van der Waals surface area contributed by atoms with E-state index in [9.17, 15) is 9.59 Å². The number of halogens is 1. The summed E-state index contributed by atoms with van der Waals surface area (Å²) < 4.78 is 0. The molecule has 2 rings (SSSR count). The van der Waals surface area contributed by atoms with Gasteiger partial charge in [-0.15, -0.1) is 0 Å². The van der Waals surface area contributed by atoms with Gasteiger partial charge in [-0.2, -0.15) is 11.8 Å². The Morgan fingerprint density at radius 2 is 1.70 bits per heavy atom. The van der Waals surface area contributed by atoms with Gasteiger partial charge in [0.25, 0.3) is 0 Å². The van der Waals surface area contributed by atoms with Gasteiger partial charge >= 0.3 is 5.97 Å². The van der Waals surface area contributed by atoms with Crippen LogP contribution >= 0.6 is 23.4 Å². The number of benzene rings is 2. The molecule has 1 atom stereocenters. The molecular formula is C18H17ClO3S. The largest absolute Gasteiger partial charge is 0.481 e. The third kappa shape index (κ3) is 5.73. The number of ketones is 1. The number of carboxylic acids is 1. The van der Waals surface area contributed by atoms with Crippen LogP contribution in [0.25, 0.3) is 0 Å². The van der Waals surface area contributed by atoms with Crippen molar-refractivity contribution < 1.29 is 14.7 Å². The molecular weight excluding hydrogens is 332 g/mol. The molecule has 23 heavy (non-hydrogen) atoms. The quantitative estimate of drug-likeness (QED) is 0.692. The van der Waals surface area contributed by atoms with Crippen LogP contribution in [0, 0.1) is 0 Å². The molecule has 3 nitrogen and oxygen atoms in total. The van der Waals surface area contributed by atoms with Crippen LogP contribution < -0.4 is 0 Å². The zero-order valence-electron chi connectivity index (χ0n) is 12.4. The molecule has 0 saturated carbocycles. The summed E-state index contributed by atoms with van der Waals surface area (Å²) in [5.41, 5.74) is 1.65. The number of carboxylic acid groups (broad SMARTS) is 1. The number of rotatable bonds is 8. The summed E-state index contributed by atoms with van der Waals surface area (Å²) in [6.07, 6.45) is 0.407. The van der Waals surface area contributed by atoms with E-state index in [4.69, 9.17) is 16.7 Å². The van der Waals surface area contributed by atoms with Crippen LogP contribution in [-0.4, -0.2) is 22.6 Å². The van der Waals surface area contributed by atoms with Gasteiger partial charge in [0.15, 0.2) is 5.78 Å². The van der Waals surface area contributed by atoms with Gasteiger partial charge in [-0.3, -0.25) is 9.59 Å². The number of hydrogen-bond donors (Lipinski definition) is 1. The lowest BCUT2D eigenvalue weighted by atomic mass is 10.0. The lowest BCUT2D eigenvalue weighted by molar-refractivity contribution is -0.136. The second kappa shape index (κ2) is 8.75. The van der Waals surface area contributed by atoms with Crippen LogP contribution in [0.5, 0.6) is 0 Å². The Kier molecular flexibility index (Phi) is 6.68. The number of thioether (sulfide) groups is 1. The third-order valence-electron chi connectivity index (χ3n) is 3.34. The zero-order valence-corrected chi connectivity index (χ0v) is 14.0. The van der Waals surface area contributed by atoms with E-state index in [2.05, 4.69) is 0 Å². The average Bonchev–Trinajstić information content (AvgIpc) is 2.55. The van der Waals surface area contributed by atoms with Gasteiger partial charge in [-0.05, 0) is 17.7 Å². The Morgan fingerprint density at radius 3 is 2.30 bits per heavy atom. The average molecular weight is 349 g/mol. The second-order valence-electron chi connectivity index (χ2n) is 5.05. The molecule has 0 aliphatic heterocycles. The minimum absolute atomic E-state index is 0.0494. The van der Waals surface area contributed by atoms with Gasteiger partial charge in [0.1, 0.15) is 0 Å². The fourth-order valence-electron chi connectivity index (χ4n) is 2.15. The monoisotopic (exact) mass is 348 g/mol. The molecule has 0 aliphatic rings. The van der Waals surface area contributed by atoms with Crippen LogP contribution in [0.3, 0.4) is 0 Å². The van der Waals surface area contributed by atoms with Gasteiger partial charge in [-0.25, -0.2) is 0 Å². The lowest BCUT2D eigenvalue weighted by Gasteiger charge is -2.16. The van der Waals surface area contributed by atoms with Gasteiger partial charge in [-0.1, -0.05) is 54.1 Å².